The summed E-state index contributed by atoms with van der Waals surface area (Å²) >= 11 is 4.62. The number of rotatable bonds is 4. The van der Waals surface area contributed by atoms with Gasteiger partial charge in [0, 0.05) is 4.47 Å². The Hall–Kier alpha value is -2.45. The molecule has 8 heteroatoms. The van der Waals surface area contributed by atoms with E-state index >= 15 is 0 Å². The van der Waals surface area contributed by atoms with Crippen LogP contribution in [0.1, 0.15) is 15.9 Å². The summed E-state index contributed by atoms with van der Waals surface area (Å²) in [7, 11) is 1.32. The first-order valence-corrected chi connectivity index (χ1v) is 8.84. The fourth-order valence-electron chi connectivity index (χ4n) is 2.12. The molecule has 0 bridgehead atoms. The third-order valence-electron chi connectivity index (χ3n) is 3.29. The Bertz CT molecular complexity index is 927. The first-order chi connectivity index (χ1) is 12.1. The second-order valence-electron chi connectivity index (χ2n) is 5.00. The van der Waals surface area contributed by atoms with Crippen molar-refractivity contribution in [1.29, 1.82) is 0 Å². The van der Waals surface area contributed by atoms with Crippen LogP contribution in [0.5, 0.6) is 0 Å². The molecule has 0 spiro atoms. The van der Waals surface area contributed by atoms with Gasteiger partial charge in [-0.1, -0.05) is 41.7 Å². The lowest BCUT2D eigenvalue weighted by atomic mass is 10.2. The molecule has 1 N–H and O–H groups in total. The van der Waals surface area contributed by atoms with E-state index in [4.69, 9.17) is 9.47 Å². The van der Waals surface area contributed by atoms with Crippen LogP contribution in [0.2, 0.25) is 0 Å². The normalized spacial score (nSPS) is 10.5. The molecule has 25 heavy (non-hydrogen) atoms. The van der Waals surface area contributed by atoms with E-state index in [0.29, 0.717) is 20.7 Å². The van der Waals surface area contributed by atoms with Crippen LogP contribution in [-0.4, -0.2) is 24.2 Å². The predicted molar refractivity (Wildman–Crippen MR) is 98.9 cm³/mol. The summed E-state index contributed by atoms with van der Waals surface area (Å²) in [5.41, 5.74) is 1.95. The largest absolute Gasteiger partial charge is 0.465 e. The van der Waals surface area contributed by atoms with Crippen molar-refractivity contribution in [2.75, 3.05) is 12.4 Å². The van der Waals surface area contributed by atoms with E-state index in [-0.39, 0.29) is 6.61 Å². The van der Waals surface area contributed by atoms with Gasteiger partial charge in [-0.3, -0.25) is 5.32 Å². The summed E-state index contributed by atoms with van der Waals surface area (Å²) < 4.78 is 11.3. The molecule has 1 heterocycles. The molecule has 1 aromatic heterocycles. The zero-order valence-corrected chi connectivity index (χ0v) is 15.5. The zero-order chi connectivity index (χ0) is 17.8. The molecule has 0 aliphatic rings. The van der Waals surface area contributed by atoms with E-state index in [2.05, 4.69) is 26.2 Å². The van der Waals surface area contributed by atoms with Gasteiger partial charge < -0.3 is 9.47 Å². The van der Waals surface area contributed by atoms with Gasteiger partial charge in [-0.05, 0) is 33.6 Å². The summed E-state index contributed by atoms with van der Waals surface area (Å²) in [6.45, 7) is 0.174. The third-order valence-corrected chi connectivity index (χ3v) is 4.81. The molecule has 0 fully saturated rings. The van der Waals surface area contributed by atoms with Crippen molar-refractivity contribution in [3.05, 3.63) is 58.1 Å². The van der Waals surface area contributed by atoms with Gasteiger partial charge in [0.1, 0.15) is 6.61 Å². The van der Waals surface area contributed by atoms with Crippen molar-refractivity contribution in [2.24, 2.45) is 0 Å². The number of ether oxygens (including phenoxy) is 2. The minimum atomic E-state index is -0.591. The van der Waals surface area contributed by atoms with E-state index in [9.17, 15) is 9.59 Å². The number of amides is 1. The van der Waals surface area contributed by atoms with Crippen LogP contribution in [0.4, 0.5) is 9.93 Å². The average Bonchev–Trinajstić information content (AvgIpc) is 3.03. The molecule has 1 amide bonds. The molecule has 0 aliphatic carbocycles. The molecular weight excluding hydrogens is 408 g/mol. The second kappa shape index (κ2) is 7.62. The van der Waals surface area contributed by atoms with E-state index < -0.39 is 12.1 Å². The quantitative estimate of drug-likeness (QED) is 0.624. The van der Waals surface area contributed by atoms with Gasteiger partial charge in [-0.25, -0.2) is 14.6 Å². The Labute approximate surface area is 155 Å². The molecule has 6 nitrogen and oxygen atoms in total. The summed E-state index contributed by atoms with van der Waals surface area (Å²) in [6.07, 6.45) is -0.591. The van der Waals surface area contributed by atoms with E-state index in [1.807, 2.05) is 30.3 Å². The van der Waals surface area contributed by atoms with Gasteiger partial charge in [0.2, 0.25) is 0 Å². The lowest BCUT2D eigenvalue weighted by molar-refractivity contribution is 0.0601. The second-order valence-corrected chi connectivity index (χ2v) is 6.89. The SMILES string of the molecule is COC(=O)c1cc(Br)c2nc(NC(=O)OCc3ccccc3)sc2c1. The van der Waals surface area contributed by atoms with E-state index in [1.54, 1.807) is 12.1 Å². The van der Waals surface area contributed by atoms with Crippen LogP contribution in [-0.2, 0) is 16.1 Å². The van der Waals surface area contributed by atoms with Gasteiger partial charge in [-0.2, -0.15) is 0 Å². The highest BCUT2D eigenvalue weighted by Crippen LogP contribution is 2.32. The Morgan fingerprint density at radius 3 is 2.72 bits per heavy atom. The van der Waals surface area contributed by atoms with Gasteiger partial charge in [0.25, 0.3) is 0 Å². The maximum Gasteiger partial charge on any atom is 0.413 e. The average molecular weight is 421 g/mol. The highest BCUT2D eigenvalue weighted by molar-refractivity contribution is 9.10. The predicted octanol–water partition coefficient (Wildman–Crippen LogP) is 4.59. The number of methoxy groups -OCH3 is 1. The smallest absolute Gasteiger partial charge is 0.413 e. The van der Waals surface area contributed by atoms with Crippen LogP contribution in [0.15, 0.2) is 46.9 Å². The number of esters is 1. The van der Waals surface area contributed by atoms with Crippen LogP contribution in [0, 0.1) is 0 Å². The van der Waals surface area contributed by atoms with Crippen molar-refractivity contribution in [1.82, 2.24) is 4.98 Å². The van der Waals surface area contributed by atoms with Crippen molar-refractivity contribution < 1.29 is 19.1 Å². The molecule has 2 aromatic carbocycles. The fraction of sp³-hybridized carbons (Fsp3) is 0.118. The molecule has 3 rings (SSSR count). The van der Waals surface area contributed by atoms with Gasteiger partial charge in [0.15, 0.2) is 5.13 Å². The number of halogens is 1. The fourth-order valence-corrected chi connectivity index (χ4v) is 3.72. The Kier molecular flexibility index (Phi) is 5.30. The first kappa shape index (κ1) is 17.4. The van der Waals surface area contributed by atoms with E-state index in [1.165, 1.54) is 18.4 Å². The highest BCUT2D eigenvalue weighted by Gasteiger charge is 2.15. The number of benzene rings is 2. The van der Waals surface area contributed by atoms with Gasteiger partial charge in [0.05, 0.1) is 22.9 Å². The minimum absolute atomic E-state index is 0.174. The molecule has 0 radical (unpaired) electrons. The number of carbonyl (C=O) groups excluding carboxylic acids is 2. The Morgan fingerprint density at radius 1 is 1.24 bits per heavy atom. The van der Waals surface area contributed by atoms with Crippen LogP contribution < -0.4 is 5.32 Å². The maximum absolute atomic E-state index is 11.9. The molecule has 3 aromatic rings. The van der Waals surface area contributed by atoms with E-state index in [0.717, 1.165) is 10.3 Å². The molecule has 0 unspecified atom stereocenters. The number of nitrogens with one attached hydrogen (secondary N) is 1. The zero-order valence-electron chi connectivity index (χ0n) is 13.1. The summed E-state index contributed by atoms with van der Waals surface area (Å²) in [4.78, 5) is 27.9. The lowest BCUT2D eigenvalue weighted by Gasteiger charge is -2.04. The maximum atomic E-state index is 11.9. The molecule has 0 saturated heterocycles. The van der Waals surface area contributed by atoms with Crippen molar-refractivity contribution in [2.45, 2.75) is 6.61 Å². The topological polar surface area (TPSA) is 77.5 Å². The number of hydrogen-bond donors (Lipinski definition) is 1. The van der Waals surface area contributed by atoms with Crippen molar-refractivity contribution in [3.63, 3.8) is 0 Å². The van der Waals surface area contributed by atoms with Crippen LogP contribution in [0.25, 0.3) is 10.2 Å². The molecular formula is C17H13BrN2O4S. The Morgan fingerprint density at radius 2 is 2.00 bits per heavy atom. The number of fused-ring (bicyclic) bond motifs is 1. The highest BCUT2D eigenvalue weighted by atomic mass is 79.9. The number of carbonyl (C=O) groups is 2. The number of thiazole rings is 1. The van der Waals surface area contributed by atoms with Gasteiger partial charge >= 0.3 is 12.1 Å². The van der Waals surface area contributed by atoms with Crippen LogP contribution in [0.3, 0.4) is 0 Å². The first-order valence-electron chi connectivity index (χ1n) is 7.23. The monoisotopic (exact) mass is 420 g/mol. The molecule has 128 valence electrons. The Balaban J connectivity index is 1.72. The van der Waals surface area contributed by atoms with Crippen LogP contribution >= 0.6 is 27.3 Å². The summed E-state index contributed by atoms with van der Waals surface area (Å²) in [5.74, 6) is -0.437. The number of aromatic nitrogens is 1. The number of anilines is 1. The number of hydrogen-bond acceptors (Lipinski definition) is 6. The molecule has 0 saturated carbocycles. The van der Waals surface area contributed by atoms with Crippen molar-refractivity contribution in [3.8, 4) is 0 Å². The van der Waals surface area contributed by atoms with Gasteiger partial charge in [-0.15, -0.1) is 0 Å². The minimum Gasteiger partial charge on any atom is -0.465 e. The summed E-state index contributed by atoms with van der Waals surface area (Å²) in [5, 5.41) is 2.99. The lowest BCUT2D eigenvalue weighted by Crippen LogP contribution is -2.13. The standard InChI is InChI=1S/C17H13BrN2O4S/c1-23-15(21)11-7-12(18)14-13(8-11)25-16(19-14)20-17(22)24-9-10-5-3-2-4-6-10/h2-8H,9H2,1H3,(H,19,20,22). The molecule has 0 aliphatic heterocycles. The summed E-state index contributed by atoms with van der Waals surface area (Å²) in [6, 6.07) is 12.7. The molecule has 0 atom stereocenters. The third kappa shape index (κ3) is 4.15. The number of nitrogens with zero attached hydrogens (tertiary/aromatic N) is 1. The van der Waals surface area contributed by atoms with Crippen molar-refractivity contribution >= 4 is 54.7 Å².